The maximum Gasteiger partial charge on any atom is 0.254 e. The number of imide groups is 1. The van der Waals surface area contributed by atoms with Gasteiger partial charge in [-0.15, -0.1) is 0 Å². The molecule has 0 spiro atoms. The van der Waals surface area contributed by atoms with E-state index >= 15 is 0 Å². The number of allylic oxidation sites excluding steroid dienone is 2. The van der Waals surface area contributed by atoms with Crippen molar-refractivity contribution in [3.63, 3.8) is 0 Å². The second-order valence-electron chi connectivity index (χ2n) is 8.74. The normalized spacial score (nSPS) is 25.3. The molecule has 1 heterocycles. The van der Waals surface area contributed by atoms with Gasteiger partial charge in [0.25, 0.3) is 11.8 Å². The fraction of sp³-hybridized carbons (Fsp3) is 0.346. The molecule has 4 atom stereocenters. The van der Waals surface area contributed by atoms with Crippen molar-refractivity contribution in [3.8, 4) is 11.5 Å². The molecular formula is C26H24Cl2N2O4. The number of fused-ring (bicyclic) bond motifs is 1. The molecule has 2 aromatic carbocycles. The van der Waals surface area contributed by atoms with E-state index in [4.69, 9.17) is 32.7 Å². The summed E-state index contributed by atoms with van der Waals surface area (Å²) in [6.07, 6.45) is 7.62. The Morgan fingerprint density at radius 2 is 1.68 bits per heavy atom. The van der Waals surface area contributed by atoms with Gasteiger partial charge in [-0.2, -0.15) is 10.1 Å². The maximum absolute atomic E-state index is 12.9. The minimum atomic E-state index is -0.275. The molecule has 6 nitrogen and oxygen atoms in total. The Morgan fingerprint density at radius 3 is 2.29 bits per heavy atom. The van der Waals surface area contributed by atoms with Gasteiger partial charge in [0.2, 0.25) is 0 Å². The molecule has 3 aliphatic carbocycles. The quantitative estimate of drug-likeness (QED) is 0.287. The van der Waals surface area contributed by atoms with Crippen LogP contribution in [0.2, 0.25) is 10.0 Å². The highest BCUT2D eigenvalue weighted by atomic mass is 35.5. The molecule has 176 valence electrons. The first-order chi connectivity index (χ1) is 16.5. The van der Waals surface area contributed by atoms with Crippen LogP contribution in [0.5, 0.6) is 11.5 Å². The average Bonchev–Trinajstić information content (AvgIpc) is 3.11. The first-order valence-corrected chi connectivity index (χ1v) is 12.2. The number of ether oxygens (including phenoxy) is 2. The number of carbonyl (C=O) groups excluding carboxylic acids is 2. The minimum Gasteiger partial charge on any atom is -0.490 e. The first-order valence-electron chi connectivity index (χ1n) is 11.4. The lowest BCUT2D eigenvalue weighted by atomic mass is 9.63. The summed E-state index contributed by atoms with van der Waals surface area (Å²) in [5.41, 5.74) is 1.49. The van der Waals surface area contributed by atoms with Gasteiger partial charge in [0.1, 0.15) is 6.61 Å². The predicted molar refractivity (Wildman–Crippen MR) is 130 cm³/mol. The fourth-order valence-corrected chi connectivity index (χ4v) is 5.55. The van der Waals surface area contributed by atoms with E-state index < -0.39 is 0 Å². The van der Waals surface area contributed by atoms with Crippen LogP contribution in [0.15, 0.2) is 53.7 Å². The summed E-state index contributed by atoms with van der Waals surface area (Å²) < 4.78 is 11.7. The molecule has 6 rings (SSSR count). The number of rotatable bonds is 7. The van der Waals surface area contributed by atoms with Gasteiger partial charge in [-0.3, -0.25) is 9.59 Å². The third kappa shape index (κ3) is 4.21. The lowest BCUT2D eigenvalue weighted by molar-refractivity contribution is -0.140. The van der Waals surface area contributed by atoms with Gasteiger partial charge in [-0.25, -0.2) is 0 Å². The molecule has 2 fully saturated rings. The van der Waals surface area contributed by atoms with Gasteiger partial charge in [-0.1, -0.05) is 41.4 Å². The van der Waals surface area contributed by atoms with E-state index in [1.54, 1.807) is 30.3 Å². The van der Waals surface area contributed by atoms with E-state index in [1.165, 1.54) is 6.21 Å². The van der Waals surface area contributed by atoms with E-state index in [1.807, 2.05) is 13.0 Å². The lowest BCUT2D eigenvalue weighted by Crippen LogP contribution is -2.38. The monoisotopic (exact) mass is 498 g/mol. The Hall–Kier alpha value is -2.83. The smallest absolute Gasteiger partial charge is 0.254 e. The summed E-state index contributed by atoms with van der Waals surface area (Å²) in [5.74, 6) is 0.415. The van der Waals surface area contributed by atoms with Gasteiger partial charge in [0.05, 0.1) is 24.7 Å². The zero-order valence-electron chi connectivity index (χ0n) is 18.6. The second kappa shape index (κ2) is 9.43. The lowest BCUT2D eigenvalue weighted by Gasteiger charge is -2.37. The Morgan fingerprint density at radius 1 is 0.971 bits per heavy atom. The van der Waals surface area contributed by atoms with Crippen LogP contribution in [0.4, 0.5) is 0 Å². The first kappa shape index (κ1) is 22.9. The molecule has 34 heavy (non-hydrogen) atoms. The predicted octanol–water partition coefficient (Wildman–Crippen LogP) is 5.50. The molecule has 1 saturated heterocycles. The molecule has 8 heteroatoms. The van der Waals surface area contributed by atoms with E-state index in [9.17, 15) is 9.59 Å². The van der Waals surface area contributed by atoms with E-state index in [0.717, 1.165) is 23.4 Å². The number of amides is 2. The van der Waals surface area contributed by atoms with Crippen LogP contribution in [-0.2, 0) is 16.2 Å². The van der Waals surface area contributed by atoms with Crippen molar-refractivity contribution >= 4 is 41.2 Å². The molecule has 2 amide bonds. The van der Waals surface area contributed by atoms with Crippen molar-refractivity contribution in [2.45, 2.75) is 26.4 Å². The van der Waals surface area contributed by atoms with Gasteiger partial charge < -0.3 is 9.47 Å². The molecular weight excluding hydrogens is 475 g/mol. The van der Waals surface area contributed by atoms with E-state index in [-0.39, 0.29) is 42.1 Å². The second-order valence-corrected chi connectivity index (χ2v) is 9.58. The number of hydrogen-bond acceptors (Lipinski definition) is 5. The molecule has 0 unspecified atom stereocenters. The van der Waals surface area contributed by atoms with Crippen molar-refractivity contribution in [1.82, 2.24) is 5.01 Å². The summed E-state index contributed by atoms with van der Waals surface area (Å²) in [6, 6.07) is 10.6. The summed E-state index contributed by atoms with van der Waals surface area (Å²) in [7, 11) is 0. The zero-order valence-corrected chi connectivity index (χ0v) is 20.1. The van der Waals surface area contributed by atoms with Crippen LogP contribution in [0.1, 0.15) is 30.9 Å². The Kier molecular flexibility index (Phi) is 6.36. The Balaban J connectivity index is 1.32. The number of halogens is 2. The van der Waals surface area contributed by atoms with Crippen molar-refractivity contribution in [1.29, 1.82) is 0 Å². The molecule has 2 aromatic rings. The van der Waals surface area contributed by atoms with Crippen LogP contribution >= 0.6 is 23.2 Å². The van der Waals surface area contributed by atoms with Crippen LogP contribution in [0.25, 0.3) is 0 Å². The minimum absolute atomic E-state index is 0.141. The number of nitrogens with zero attached hydrogens (tertiary/aromatic N) is 2. The number of hydrogen-bond donors (Lipinski definition) is 0. The van der Waals surface area contributed by atoms with Crippen LogP contribution in [0, 0.1) is 23.7 Å². The zero-order chi connectivity index (χ0) is 23.8. The molecule has 1 aliphatic heterocycles. The third-order valence-corrected chi connectivity index (χ3v) is 7.31. The number of hydrazone groups is 1. The largest absolute Gasteiger partial charge is 0.490 e. The maximum atomic E-state index is 12.9. The molecule has 0 radical (unpaired) electrons. The van der Waals surface area contributed by atoms with Crippen molar-refractivity contribution in [3.05, 3.63) is 69.7 Å². The Bertz CT molecular complexity index is 1160. The number of benzene rings is 2. The Labute approximate surface area is 208 Å². The van der Waals surface area contributed by atoms with Gasteiger partial charge in [0, 0.05) is 15.6 Å². The van der Waals surface area contributed by atoms with Crippen LogP contribution in [-0.4, -0.2) is 29.6 Å². The van der Waals surface area contributed by atoms with Crippen LogP contribution in [0.3, 0.4) is 0 Å². The summed E-state index contributed by atoms with van der Waals surface area (Å²) in [6.45, 7) is 2.58. The average molecular weight is 499 g/mol. The molecule has 1 saturated carbocycles. The standard InChI is InChI=1S/C26H24Cl2N2O4/c1-2-33-22-11-15(3-10-21(22)34-14-18-8-9-19(27)12-20(18)28)13-29-30-25(31)23-16-4-5-17(7-6-16)24(23)26(30)32/h3-5,8-13,16-17,23-24H,2,6-7,14H2,1H3/b29-13-/t16-,17-,23-,24-/m1/s1. The summed E-state index contributed by atoms with van der Waals surface area (Å²) in [4.78, 5) is 25.9. The number of carbonyl (C=O) groups is 2. The van der Waals surface area contributed by atoms with E-state index in [0.29, 0.717) is 33.7 Å². The topological polar surface area (TPSA) is 68.2 Å². The van der Waals surface area contributed by atoms with E-state index in [2.05, 4.69) is 17.3 Å². The fourth-order valence-electron chi connectivity index (χ4n) is 5.08. The van der Waals surface area contributed by atoms with Gasteiger partial charge in [-0.05, 0) is 67.5 Å². The summed E-state index contributed by atoms with van der Waals surface area (Å²) >= 11 is 12.2. The highest BCUT2D eigenvalue weighted by molar-refractivity contribution is 6.35. The van der Waals surface area contributed by atoms with Gasteiger partial charge in [0.15, 0.2) is 11.5 Å². The molecule has 0 N–H and O–H groups in total. The van der Waals surface area contributed by atoms with Crippen molar-refractivity contribution in [2.75, 3.05) is 6.61 Å². The summed E-state index contributed by atoms with van der Waals surface area (Å²) in [5, 5.41) is 6.42. The highest BCUT2D eigenvalue weighted by Crippen LogP contribution is 2.49. The van der Waals surface area contributed by atoms with Crippen LogP contribution < -0.4 is 9.47 Å². The molecule has 4 aliphatic rings. The molecule has 2 bridgehead atoms. The SMILES string of the molecule is CCOc1cc(/C=N\N2C(=O)[C@H]3[C@H](C2=O)[C@@H]2C=C[C@@H]3CC2)ccc1OCc1ccc(Cl)cc1Cl. The van der Waals surface area contributed by atoms with Crippen molar-refractivity contribution in [2.24, 2.45) is 28.8 Å². The molecule has 0 aromatic heterocycles. The van der Waals surface area contributed by atoms with Gasteiger partial charge >= 0.3 is 0 Å². The third-order valence-electron chi connectivity index (χ3n) is 6.72. The highest BCUT2D eigenvalue weighted by Gasteiger charge is 2.56. The van der Waals surface area contributed by atoms with Crippen molar-refractivity contribution < 1.29 is 19.1 Å².